The average molecular weight is 247 g/mol. The number of anilines is 1. The van der Waals surface area contributed by atoms with Crippen LogP contribution in [0.5, 0.6) is 0 Å². The third-order valence-corrected chi connectivity index (χ3v) is 3.11. The molecule has 0 aromatic carbocycles. The van der Waals surface area contributed by atoms with E-state index in [2.05, 4.69) is 21.7 Å². The standard InChI is InChI=1S/C12H13N3OS/c13-11-7-14-4-2-10(11)12(16)15-5-1-9-3-6-17-8-9/h2-4,6-8H,1,5,13H2,(H,15,16). The third kappa shape index (κ3) is 3.04. The van der Waals surface area contributed by atoms with E-state index < -0.39 is 0 Å². The van der Waals surface area contributed by atoms with Gasteiger partial charge in [0, 0.05) is 12.7 Å². The van der Waals surface area contributed by atoms with Crippen LogP contribution in [0.3, 0.4) is 0 Å². The largest absolute Gasteiger partial charge is 0.397 e. The first-order valence-electron chi connectivity index (χ1n) is 5.26. The van der Waals surface area contributed by atoms with Crippen LogP contribution in [0.2, 0.25) is 0 Å². The van der Waals surface area contributed by atoms with Crippen molar-refractivity contribution in [3.05, 3.63) is 46.4 Å². The van der Waals surface area contributed by atoms with Crippen molar-refractivity contribution in [1.29, 1.82) is 0 Å². The van der Waals surface area contributed by atoms with Crippen molar-refractivity contribution >= 4 is 22.9 Å². The van der Waals surface area contributed by atoms with Crippen LogP contribution in [0, 0.1) is 0 Å². The maximum Gasteiger partial charge on any atom is 0.253 e. The number of pyridine rings is 1. The number of amides is 1. The Morgan fingerprint density at radius 2 is 2.35 bits per heavy atom. The fraction of sp³-hybridized carbons (Fsp3) is 0.167. The summed E-state index contributed by atoms with van der Waals surface area (Å²) in [5, 5.41) is 6.94. The summed E-state index contributed by atoms with van der Waals surface area (Å²) in [6, 6.07) is 3.67. The van der Waals surface area contributed by atoms with E-state index >= 15 is 0 Å². The SMILES string of the molecule is Nc1cnccc1C(=O)NCCc1ccsc1. The second kappa shape index (κ2) is 5.45. The zero-order valence-electron chi connectivity index (χ0n) is 9.22. The molecule has 1 amide bonds. The number of rotatable bonds is 4. The number of aromatic nitrogens is 1. The van der Waals surface area contributed by atoms with Crippen molar-refractivity contribution in [3.63, 3.8) is 0 Å². The van der Waals surface area contributed by atoms with E-state index in [0.29, 0.717) is 17.8 Å². The third-order valence-electron chi connectivity index (χ3n) is 2.38. The number of nitrogens with two attached hydrogens (primary N) is 1. The van der Waals surface area contributed by atoms with E-state index in [9.17, 15) is 4.79 Å². The summed E-state index contributed by atoms with van der Waals surface area (Å²) in [6.45, 7) is 0.608. The van der Waals surface area contributed by atoms with Crippen molar-refractivity contribution in [2.24, 2.45) is 0 Å². The van der Waals surface area contributed by atoms with Crippen LogP contribution in [0.1, 0.15) is 15.9 Å². The van der Waals surface area contributed by atoms with Gasteiger partial charge < -0.3 is 11.1 Å². The molecule has 0 unspecified atom stereocenters. The molecule has 5 heteroatoms. The van der Waals surface area contributed by atoms with Crippen LogP contribution >= 0.6 is 11.3 Å². The molecule has 0 aliphatic carbocycles. The number of nitrogens with one attached hydrogen (secondary N) is 1. The lowest BCUT2D eigenvalue weighted by Gasteiger charge is -2.06. The van der Waals surface area contributed by atoms with Crippen LogP contribution < -0.4 is 11.1 Å². The lowest BCUT2D eigenvalue weighted by atomic mass is 10.2. The van der Waals surface area contributed by atoms with Gasteiger partial charge >= 0.3 is 0 Å². The van der Waals surface area contributed by atoms with Crippen molar-refractivity contribution in [3.8, 4) is 0 Å². The molecule has 0 fully saturated rings. The monoisotopic (exact) mass is 247 g/mol. The fourth-order valence-electron chi connectivity index (χ4n) is 1.46. The minimum atomic E-state index is -0.153. The molecule has 0 spiro atoms. The fourth-order valence-corrected chi connectivity index (χ4v) is 2.17. The number of nitrogen functional groups attached to an aromatic ring is 1. The molecular weight excluding hydrogens is 234 g/mol. The summed E-state index contributed by atoms with van der Waals surface area (Å²) >= 11 is 1.66. The molecule has 0 saturated carbocycles. The molecule has 0 atom stereocenters. The highest BCUT2D eigenvalue weighted by Crippen LogP contribution is 2.09. The Labute approximate surface area is 103 Å². The maximum atomic E-state index is 11.8. The van der Waals surface area contributed by atoms with Crippen LogP contribution in [0.25, 0.3) is 0 Å². The van der Waals surface area contributed by atoms with E-state index in [4.69, 9.17) is 5.73 Å². The van der Waals surface area contributed by atoms with Gasteiger partial charge in [-0.25, -0.2) is 0 Å². The molecule has 0 bridgehead atoms. The summed E-state index contributed by atoms with van der Waals surface area (Å²) in [7, 11) is 0. The van der Waals surface area contributed by atoms with Gasteiger partial charge in [-0.1, -0.05) is 0 Å². The normalized spacial score (nSPS) is 10.1. The topological polar surface area (TPSA) is 68.0 Å². The Morgan fingerprint density at radius 1 is 1.47 bits per heavy atom. The van der Waals surface area contributed by atoms with Gasteiger partial charge in [0.25, 0.3) is 5.91 Å². The lowest BCUT2D eigenvalue weighted by Crippen LogP contribution is -2.26. The number of thiophene rings is 1. The average Bonchev–Trinajstić information content (AvgIpc) is 2.82. The second-order valence-corrected chi connectivity index (χ2v) is 4.38. The Kier molecular flexibility index (Phi) is 3.72. The van der Waals surface area contributed by atoms with Crippen LogP contribution in [0.15, 0.2) is 35.3 Å². The molecule has 2 heterocycles. The predicted octanol–water partition coefficient (Wildman–Crippen LogP) is 1.70. The van der Waals surface area contributed by atoms with E-state index in [1.54, 1.807) is 23.6 Å². The van der Waals surface area contributed by atoms with E-state index in [1.807, 2.05) is 5.38 Å². The molecule has 0 aliphatic rings. The molecule has 3 N–H and O–H groups in total. The van der Waals surface area contributed by atoms with Gasteiger partial charge in [0.15, 0.2) is 0 Å². The predicted molar refractivity (Wildman–Crippen MR) is 69.0 cm³/mol. The second-order valence-electron chi connectivity index (χ2n) is 3.60. The Hall–Kier alpha value is -1.88. The Bertz CT molecular complexity index is 496. The summed E-state index contributed by atoms with van der Waals surface area (Å²) < 4.78 is 0. The van der Waals surface area contributed by atoms with Crippen molar-refractivity contribution < 1.29 is 4.79 Å². The molecule has 2 aromatic heterocycles. The zero-order chi connectivity index (χ0) is 12.1. The molecule has 0 aliphatic heterocycles. The highest BCUT2D eigenvalue weighted by Gasteiger charge is 2.08. The number of carbonyl (C=O) groups excluding carboxylic acids is 1. The van der Waals surface area contributed by atoms with Crippen LogP contribution in [-0.2, 0) is 6.42 Å². The van der Waals surface area contributed by atoms with E-state index in [-0.39, 0.29) is 5.91 Å². The molecule has 17 heavy (non-hydrogen) atoms. The van der Waals surface area contributed by atoms with Crippen molar-refractivity contribution in [1.82, 2.24) is 10.3 Å². The minimum absolute atomic E-state index is 0.153. The van der Waals surface area contributed by atoms with Gasteiger partial charge in [-0.15, -0.1) is 0 Å². The molecular formula is C12H13N3OS. The van der Waals surface area contributed by atoms with Gasteiger partial charge in [-0.2, -0.15) is 11.3 Å². The highest BCUT2D eigenvalue weighted by atomic mass is 32.1. The zero-order valence-corrected chi connectivity index (χ0v) is 10.0. The number of hydrogen-bond donors (Lipinski definition) is 2. The smallest absolute Gasteiger partial charge is 0.253 e. The summed E-state index contributed by atoms with van der Waals surface area (Å²) in [6.07, 6.45) is 3.87. The van der Waals surface area contributed by atoms with Gasteiger partial charge in [-0.05, 0) is 34.9 Å². The first-order chi connectivity index (χ1) is 8.27. The number of hydrogen-bond acceptors (Lipinski definition) is 4. The molecule has 88 valence electrons. The first kappa shape index (κ1) is 11.6. The van der Waals surface area contributed by atoms with Crippen molar-refractivity contribution in [2.75, 3.05) is 12.3 Å². The van der Waals surface area contributed by atoms with Crippen LogP contribution in [-0.4, -0.2) is 17.4 Å². The highest BCUT2D eigenvalue weighted by molar-refractivity contribution is 7.07. The summed E-state index contributed by atoms with van der Waals surface area (Å²) in [5.74, 6) is -0.153. The number of carbonyl (C=O) groups is 1. The Morgan fingerprint density at radius 3 is 3.06 bits per heavy atom. The van der Waals surface area contributed by atoms with Gasteiger partial charge in [0.2, 0.25) is 0 Å². The lowest BCUT2D eigenvalue weighted by molar-refractivity contribution is 0.0955. The van der Waals surface area contributed by atoms with E-state index in [0.717, 1.165) is 6.42 Å². The first-order valence-corrected chi connectivity index (χ1v) is 6.20. The summed E-state index contributed by atoms with van der Waals surface area (Å²) in [4.78, 5) is 15.6. The molecule has 2 rings (SSSR count). The van der Waals surface area contributed by atoms with Gasteiger partial charge in [0.1, 0.15) is 0 Å². The molecule has 0 radical (unpaired) electrons. The number of nitrogens with zero attached hydrogens (tertiary/aromatic N) is 1. The molecule has 4 nitrogen and oxygen atoms in total. The van der Waals surface area contributed by atoms with Gasteiger partial charge in [0.05, 0.1) is 17.4 Å². The molecule has 2 aromatic rings. The molecule has 0 saturated heterocycles. The maximum absolute atomic E-state index is 11.8. The van der Waals surface area contributed by atoms with Gasteiger partial charge in [-0.3, -0.25) is 9.78 Å². The minimum Gasteiger partial charge on any atom is -0.397 e. The Balaban J connectivity index is 1.88. The summed E-state index contributed by atoms with van der Waals surface area (Å²) in [5.41, 5.74) is 7.78. The van der Waals surface area contributed by atoms with Crippen LogP contribution in [0.4, 0.5) is 5.69 Å². The quantitative estimate of drug-likeness (QED) is 0.864. The van der Waals surface area contributed by atoms with E-state index in [1.165, 1.54) is 11.8 Å². The van der Waals surface area contributed by atoms with Crippen molar-refractivity contribution in [2.45, 2.75) is 6.42 Å².